The van der Waals surface area contributed by atoms with E-state index < -0.39 is 0 Å². The third-order valence-electron chi connectivity index (χ3n) is 3.49. The van der Waals surface area contributed by atoms with Crippen LogP contribution in [0.1, 0.15) is 19.3 Å². The molecule has 1 N–H and O–H groups in total. The van der Waals surface area contributed by atoms with Crippen molar-refractivity contribution < 1.29 is 4.74 Å². The van der Waals surface area contributed by atoms with Gasteiger partial charge in [-0.25, -0.2) is 4.68 Å². The molecule has 0 saturated carbocycles. The lowest BCUT2D eigenvalue weighted by Crippen LogP contribution is -2.39. The number of hydrogen-bond donors (Lipinski definition) is 1. The maximum atomic E-state index is 5.45. The summed E-state index contributed by atoms with van der Waals surface area (Å²) in [5, 5.41) is 2.32. The van der Waals surface area contributed by atoms with E-state index in [1.54, 1.807) is 7.11 Å². The van der Waals surface area contributed by atoms with Crippen molar-refractivity contribution in [1.29, 1.82) is 0 Å². The minimum atomic E-state index is 0.747. The van der Waals surface area contributed by atoms with Gasteiger partial charge in [0.05, 0.1) is 12.6 Å². The zero-order valence-electron chi connectivity index (χ0n) is 10.5. The van der Waals surface area contributed by atoms with Gasteiger partial charge in [0.25, 0.3) is 0 Å². The molecule has 1 aromatic carbocycles. The van der Waals surface area contributed by atoms with Crippen LogP contribution in [0.15, 0.2) is 18.2 Å². The van der Waals surface area contributed by atoms with Gasteiger partial charge in [-0.15, -0.1) is 0 Å². The van der Waals surface area contributed by atoms with E-state index in [1.807, 2.05) is 12.1 Å². The molecule has 0 radical (unpaired) electrons. The lowest BCUT2D eigenvalue weighted by atomic mass is 10.2. The number of aromatic nitrogens is 2. The quantitative estimate of drug-likeness (QED) is 0.846. The van der Waals surface area contributed by atoms with Crippen molar-refractivity contribution in [2.24, 2.45) is 0 Å². The van der Waals surface area contributed by atoms with Gasteiger partial charge in [-0.1, -0.05) is 6.07 Å². The Kier molecular flexibility index (Phi) is 2.99. The lowest BCUT2D eigenvalue weighted by Gasteiger charge is -2.29. The molecule has 0 atom stereocenters. The fraction of sp³-hybridized carbons (Fsp3) is 0.462. The van der Waals surface area contributed by atoms with Crippen LogP contribution in [0.25, 0.3) is 11.0 Å². The van der Waals surface area contributed by atoms with Crippen molar-refractivity contribution in [3.63, 3.8) is 0 Å². The molecule has 2 aromatic rings. The molecule has 96 valence electrons. The normalized spacial score (nSPS) is 16.2. The van der Waals surface area contributed by atoms with Crippen LogP contribution >= 0.6 is 12.2 Å². The molecule has 0 bridgehead atoms. The summed E-state index contributed by atoms with van der Waals surface area (Å²) in [7, 11) is 1.68. The highest BCUT2D eigenvalue weighted by atomic mass is 32.1. The van der Waals surface area contributed by atoms with Crippen LogP contribution in [0.2, 0.25) is 0 Å². The van der Waals surface area contributed by atoms with Crippen LogP contribution < -0.4 is 9.75 Å². The minimum Gasteiger partial charge on any atom is -0.494 e. The molecule has 3 rings (SSSR count). The van der Waals surface area contributed by atoms with Gasteiger partial charge >= 0.3 is 0 Å². The molecule has 0 spiro atoms. The van der Waals surface area contributed by atoms with E-state index in [0.717, 1.165) is 34.6 Å². The highest BCUT2D eigenvalue weighted by molar-refractivity contribution is 7.71. The molecule has 18 heavy (non-hydrogen) atoms. The Hall–Kier alpha value is -1.49. The first-order chi connectivity index (χ1) is 8.81. The second-order valence-corrected chi connectivity index (χ2v) is 5.00. The number of imidazole rings is 1. The van der Waals surface area contributed by atoms with Gasteiger partial charge in [-0.05, 0) is 43.6 Å². The number of benzene rings is 1. The molecule has 1 aromatic heterocycles. The Bertz CT molecular complexity index is 610. The molecule has 0 amide bonds. The average molecular weight is 263 g/mol. The van der Waals surface area contributed by atoms with Gasteiger partial charge < -0.3 is 14.7 Å². The van der Waals surface area contributed by atoms with Crippen molar-refractivity contribution in [2.45, 2.75) is 19.3 Å². The number of para-hydroxylation sites is 1. The molecule has 5 heteroatoms. The molecule has 1 aliphatic heterocycles. The number of piperidine rings is 1. The summed E-state index contributed by atoms with van der Waals surface area (Å²) in [6.07, 6.45) is 3.78. The monoisotopic (exact) mass is 263 g/mol. The zero-order chi connectivity index (χ0) is 12.5. The first kappa shape index (κ1) is 11.6. The predicted molar refractivity (Wildman–Crippen MR) is 75.5 cm³/mol. The van der Waals surface area contributed by atoms with Crippen LogP contribution in [-0.4, -0.2) is 29.9 Å². The molecule has 1 fully saturated rings. The van der Waals surface area contributed by atoms with Crippen LogP contribution in [-0.2, 0) is 0 Å². The van der Waals surface area contributed by atoms with E-state index >= 15 is 0 Å². The second kappa shape index (κ2) is 4.65. The van der Waals surface area contributed by atoms with E-state index in [9.17, 15) is 0 Å². The number of nitrogens with zero attached hydrogens (tertiary/aromatic N) is 2. The standard InChI is InChI=1S/C13H17N3OS/c1-17-11-7-5-6-10-12(11)14-13(18)16(10)15-8-3-2-4-9-15/h5-7H,2-4,8-9H2,1H3,(H,14,18). The Balaban J connectivity index is 2.16. The van der Waals surface area contributed by atoms with Gasteiger partial charge in [-0.3, -0.25) is 0 Å². The lowest BCUT2D eigenvalue weighted by molar-refractivity contribution is 0.419. The van der Waals surface area contributed by atoms with Crippen LogP contribution in [0.4, 0.5) is 0 Å². The van der Waals surface area contributed by atoms with Gasteiger partial charge in [0.15, 0.2) is 4.77 Å². The number of rotatable bonds is 2. The third kappa shape index (κ3) is 1.79. The summed E-state index contributed by atoms with van der Waals surface area (Å²) >= 11 is 5.45. The fourth-order valence-electron chi connectivity index (χ4n) is 2.62. The summed E-state index contributed by atoms with van der Waals surface area (Å²) < 4.78 is 8.24. The maximum Gasteiger partial charge on any atom is 0.197 e. The smallest absolute Gasteiger partial charge is 0.197 e. The largest absolute Gasteiger partial charge is 0.494 e. The van der Waals surface area contributed by atoms with Crippen molar-refractivity contribution >= 4 is 23.3 Å². The summed E-state index contributed by atoms with van der Waals surface area (Å²) in [6.45, 7) is 2.14. The summed E-state index contributed by atoms with van der Waals surface area (Å²) in [6, 6.07) is 6.04. The van der Waals surface area contributed by atoms with Crippen LogP contribution in [0.5, 0.6) is 5.75 Å². The van der Waals surface area contributed by atoms with Gasteiger partial charge in [0.2, 0.25) is 0 Å². The maximum absolute atomic E-state index is 5.45. The number of hydrogen-bond acceptors (Lipinski definition) is 3. The molecule has 1 saturated heterocycles. The van der Waals surface area contributed by atoms with Crippen molar-refractivity contribution in [2.75, 3.05) is 25.2 Å². The number of fused-ring (bicyclic) bond motifs is 1. The molecule has 4 nitrogen and oxygen atoms in total. The zero-order valence-corrected chi connectivity index (χ0v) is 11.3. The molecule has 1 aliphatic rings. The molecular weight excluding hydrogens is 246 g/mol. The summed E-state index contributed by atoms with van der Waals surface area (Å²) in [4.78, 5) is 3.25. The van der Waals surface area contributed by atoms with E-state index in [0.29, 0.717) is 0 Å². The molecule has 2 heterocycles. The Morgan fingerprint density at radius 3 is 2.72 bits per heavy atom. The highest BCUT2D eigenvalue weighted by Crippen LogP contribution is 2.25. The molecular formula is C13H17N3OS. The predicted octanol–water partition coefficient (Wildman–Crippen LogP) is 2.83. The first-order valence-corrected chi connectivity index (χ1v) is 6.75. The highest BCUT2D eigenvalue weighted by Gasteiger charge is 2.16. The second-order valence-electron chi connectivity index (χ2n) is 4.61. The SMILES string of the molecule is COc1cccc2c1[nH]c(=S)n2N1CCCCC1. The van der Waals surface area contributed by atoms with E-state index in [-0.39, 0.29) is 0 Å². The number of aromatic amines is 1. The van der Waals surface area contributed by atoms with E-state index in [4.69, 9.17) is 17.0 Å². The fourth-order valence-corrected chi connectivity index (χ4v) is 2.93. The van der Waals surface area contributed by atoms with Crippen molar-refractivity contribution in [3.8, 4) is 5.75 Å². The minimum absolute atomic E-state index is 0.747. The molecule has 0 aliphatic carbocycles. The van der Waals surface area contributed by atoms with Gasteiger partial charge in [0, 0.05) is 13.1 Å². The summed E-state index contributed by atoms with van der Waals surface area (Å²) in [5.41, 5.74) is 2.08. The third-order valence-corrected chi connectivity index (χ3v) is 3.77. The topological polar surface area (TPSA) is 33.2 Å². The van der Waals surface area contributed by atoms with Crippen molar-refractivity contribution in [1.82, 2.24) is 9.66 Å². The van der Waals surface area contributed by atoms with E-state index in [1.165, 1.54) is 19.3 Å². The Labute approximate surface area is 111 Å². The number of methoxy groups -OCH3 is 1. The first-order valence-electron chi connectivity index (χ1n) is 6.34. The van der Waals surface area contributed by atoms with Crippen LogP contribution in [0, 0.1) is 4.77 Å². The van der Waals surface area contributed by atoms with Crippen molar-refractivity contribution in [3.05, 3.63) is 23.0 Å². The Morgan fingerprint density at radius 1 is 1.22 bits per heavy atom. The molecule has 0 unspecified atom stereocenters. The van der Waals surface area contributed by atoms with Gasteiger partial charge in [-0.2, -0.15) is 0 Å². The average Bonchev–Trinajstić information content (AvgIpc) is 2.75. The van der Waals surface area contributed by atoms with Crippen LogP contribution in [0.3, 0.4) is 0 Å². The Morgan fingerprint density at radius 2 is 2.00 bits per heavy atom. The van der Waals surface area contributed by atoms with E-state index in [2.05, 4.69) is 20.7 Å². The van der Waals surface area contributed by atoms with Gasteiger partial charge in [0.1, 0.15) is 11.3 Å². The number of H-pyrrole nitrogens is 1. The number of nitrogens with one attached hydrogen (secondary N) is 1. The number of ether oxygens (including phenoxy) is 1. The summed E-state index contributed by atoms with van der Waals surface area (Å²) in [5.74, 6) is 0.842.